The van der Waals surface area contributed by atoms with Crippen LogP contribution in [0.4, 0.5) is 0 Å². The van der Waals surface area contributed by atoms with Gasteiger partial charge in [0, 0.05) is 31.5 Å². The highest BCUT2D eigenvalue weighted by Gasteiger charge is 2.33. The monoisotopic (exact) mass is 277 g/mol. The van der Waals surface area contributed by atoms with Gasteiger partial charge in [-0.15, -0.1) is 0 Å². The Kier molecular flexibility index (Phi) is 5.09. The van der Waals surface area contributed by atoms with Gasteiger partial charge in [0.2, 0.25) is 0 Å². The van der Waals surface area contributed by atoms with Gasteiger partial charge in [-0.2, -0.15) is 0 Å². The lowest BCUT2D eigenvalue weighted by atomic mass is 10.1. The molecule has 1 fully saturated rings. The molecule has 5 heteroatoms. The van der Waals surface area contributed by atoms with Crippen LogP contribution < -0.4 is 5.73 Å². The number of nitrogens with zero attached hydrogens (tertiary/aromatic N) is 2. The molecule has 2 rings (SSSR count). The largest absolute Gasteiger partial charge is 0.364 e. The first-order valence-corrected chi connectivity index (χ1v) is 7.16. The summed E-state index contributed by atoms with van der Waals surface area (Å²) in [6.07, 6.45) is 4.83. The predicted molar refractivity (Wildman–Crippen MR) is 76.9 cm³/mol. The van der Waals surface area contributed by atoms with Gasteiger partial charge >= 0.3 is 0 Å². The number of hydrogen-bond acceptors (Lipinski definition) is 4. The second-order valence-electron chi connectivity index (χ2n) is 5.48. The number of hydrogen-bond donors (Lipinski definition) is 1. The Bertz CT molecular complexity index is 436. The molecular formula is C15H23N3O2. The van der Waals surface area contributed by atoms with Crippen LogP contribution in [0, 0.1) is 0 Å². The fraction of sp³-hybridized carbons (Fsp3) is 0.600. The van der Waals surface area contributed by atoms with Gasteiger partial charge in [-0.3, -0.25) is 9.78 Å². The van der Waals surface area contributed by atoms with Gasteiger partial charge in [-0.1, -0.05) is 6.07 Å². The molecule has 2 N–H and O–H groups in total. The number of nitrogens with two attached hydrogens (primary N) is 1. The summed E-state index contributed by atoms with van der Waals surface area (Å²) in [5.41, 5.74) is 6.63. The molecule has 1 aliphatic rings. The summed E-state index contributed by atoms with van der Waals surface area (Å²) >= 11 is 0. The van der Waals surface area contributed by atoms with Crippen LogP contribution in [0.25, 0.3) is 0 Å². The molecule has 0 spiro atoms. The number of aromatic nitrogens is 1. The van der Waals surface area contributed by atoms with E-state index in [4.69, 9.17) is 10.5 Å². The first-order valence-electron chi connectivity index (χ1n) is 7.16. The lowest BCUT2D eigenvalue weighted by molar-refractivity contribution is -0.145. The highest BCUT2D eigenvalue weighted by molar-refractivity contribution is 5.81. The maximum atomic E-state index is 12.6. The molecule has 110 valence electrons. The quantitative estimate of drug-likeness (QED) is 0.881. The molecule has 1 aromatic rings. The van der Waals surface area contributed by atoms with E-state index in [-0.39, 0.29) is 24.2 Å². The van der Waals surface area contributed by atoms with Crippen molar-refractivity contribution in [2.24, 2.45) is 5.73 Å². The second-order valence-corrected chi connectivity index (χ2v) is 5.48. The molecule has 1 aliphatic heterocycles. The molecule has 1 saturated heterocycles. The van der Waals surface area contributed by atoms with Crippen molar-refractivity contribution in [1.82, 2.24) is 9.88 Å². The average molecular weight is 277 g/mol. The number of amides is 1. The molecule has 0 saturated carbocycles. The smallest absolute Gasteiger partial charge is 0.252 e. The van der Waals surface area contributed by atoms with E-state index in [1.165, 1.54) is 0 Å². The van der Waals surface area contributed by atoms with Crippen LogP contribution >= 0.6 is 0 Å². The summed E-state index contributed by atoms with van der Waals surface area (Å²) in [7, 11) is 0. The molecule has 0 aromatic carbocycles. The van der Waals surface area contributed by atoms with Crippen molar-refractivity contribution < 1.29 is 9.53 Å². The van der Waals surface area contributed by atoms with E-state index >= 15 is 0 Å². The van der Waals surface area contributed by atoms with Crippen LogP contribution in [0.5, 0.6) is 0 Å². The topological polar surface area (TPSA) is 68.5 Å². The zero-order chi connectivity index (χ0) is 14.5. The summed E-state index contributed by atoms with van der Waals surface area (Å²) in [5.74, 6) is 0.0554. The van der Waals surface area contributed by atoms with Crippen molar-refractivity contribution >= 4 is 5.91 Å². The molecule has 0 aliphatic carbocycles. The summed E-state index contributed by atoms with van der Waals surface area (Å²) < 4.78 is 5.71. The van der Waals surface area contributed by atoms with Crippen molar-refractivity contribution in [2.75, 3.05) is 6.54 Å². The molecule has 5 nitrogen and oxygen atoms in total. The first-order chi connectivity index (χ1) is 9.61. The third-order valence-corrected chi connectivity index (χ3v) is 3.63. The van der Waals surface area contributed by atoms with Gasteiger partial charge in [-0.25, -0.2) is 0 Å². The fourth-order valence-electron chi connectivity index (χ4n) is 2.45. The molecule has 0 radical (unpaired) electrons. The van der Waals surface area contributed by atoms with Gasteiger partial charge in [0.05, 0.1) is 6.10 Å². The minimum Gasteiger partial charge on any atom is -0.364 e. The highest BCUT2D eigenvalue weighted by Crippen LogP contribution is 2.22. The van der Waals surface area contributed by atoms with Crippen LogP contribution in [-0.2, 0) is 16.1 Å². The van der Waals surface area contributed by atoms with E-state index in [2.05, 4.69) is 4.98 Å². The second kappa shape index (κ2) is 6.81. The van der Waals surface area contributed by atoms with Gasteiger partial charge < -0.3 is 15.4 Å². The zero-order valence-corrected chi connectivity index (χ0v) is 12.2. The molecule has 1 aromatic heterocycles. The van der Waals surface area contributed by atoms with Crippen molar-refractivity contribution in [3.05, 3.63) is 30.1 Å². The molecule has 2 atom stereocenters. The Morgan fingerprint density at radius 1 is 1.55 bits per heavy atom. The van der Waals surface area contributed by atoms with Crippen LogP contribution in [0.2, 0.25) is 0 Å². The van der Waals surface area contributed by atoms with Gasteiger partial charge in [-0.05, 0) is 38.3 Å². The van der Waals surface area contributed by atoms with E-state index < -0.39 is 0 Å². The number of carbonyl (C=O) groups is 1. The lowest BCUT2D eigenvalue weighted by Crippen LogP contribution is -2.43. The Morgan fingerprint density at radius 2 is 2.35 bits per heavy atom. The molecule has 2 unspecified atom stereocenters. The molecule has 0 bridgehead atoms. The fourth-order valence-corrected chi connectivity index (χ4v) is 2.45. The van der Waals surface area contributed by atoms with Gasteiger partial charge in [0.25, 0.3) is 5.91 Å². The number of pyridine rings is 1. The first kappa shape index (κ1) is 14.9. The normalized spacial score (nSPS) is 22.2. The SMILES string of the molecule is CC(C)N(Cc1cccnc1)C(=O)C1CCC(CN)O1. The Labute approximate surface area is 120 Å². The lowest BCUT2D eigenvalue weighted by Gasteiger charge is -2.29. The highest BCUT2D eigenvalue weighted by atomic mass is 16.5. The number of ether oxygens (including phenoxy) is 1. The summed E-state index contributed by atoms with van der Waals surface area (Å²) in [5, 5.41) is 0. The summed E-state index contributed by atoms with van der Waals surface area (Å²) in [6, 6.07) is 3.99. The van der Waals surface area contributed by atoms with Crippen LogP contribution in [-0.4, -0.2) is 40.6 Å². The van der Waals surface area contributed by atoms with E-state index in [9.17, 15) is 4.79 Å². The van der Waals surface area contributed by atoms with Crippen molar-refractivity contribution in [3.63, 3.8) is 0 Å². The predicted octanol–water partition coefficient (Wildman–Crippen LogP) is 1.32. The Morgan fingerprint density at radius 3 is 2.90 bits per heavy atom. The molecule has 2 heterocycles. The van der Waals surface area contributed by atoms with E-state index in [0.29, 0.717) is 13.1 Å². The standard InChI is InChI=1S/C15H23N3O2/c1-11(2)18(10-12-4-3-7-17-9-12)15(19)14-6-5-13(8-16)20-14/h3-4,7,9,11,13-14H,5-6,8,10,16H2,1-2H3. The minimum atomic E-state index is -0.345. The van der Waals surface area contributed by atoms with E-state index in [1.807, 2.05) is 30.9 Å². The van der Waals surface area contributed by atoms with Crippen LogP contribution in [0.15, 0.2) is 24.5 Å². The summed E-state index contributed by atoms with van der Waals surface area (Å²) in [6.45, 7) is 5.08. The molecular weight excluding hydrogens is 254 g/mol. The molecule has 20 heavy (non-hydrogen) atoms. The van der Waals surface area contributed by atoms with Gasteiger partial charge in [0.1, 0.15) is 6.10 Å². The van der Waals surface area contributed by atoms with Crippen molar-refractivity contribution in [2.45, 2.75) is 51.5 Å². The maximum absolute atomic E-state index is 12.6. The van der Waals surface area contributed by atoms with Crippen molar-refractivity contribution in [3.8, 4) is 0 Å². The van der Waals surface area contributed by atoms with Crippen LogP contribution in [0.3, 0.4) is 0 Å². The van der Waals surface area contributed by atoms with Gasteiger partial charge in [0.15, 0.2) is 0 Å². The minimum absolute atomic E-state index is 0.0244. The van der Waals surface area contributed by atoms with E-state index in [0.717, 1.165) is 18.4 Å². The summed E-state index contributed by atoms with van der Waals surface area (Å²) in [4.78, 5) is 18.5. The number of rotatable bonds is 5. The zero-order valence-electron chi connectivity index (χ0n) is 12.2. The third-order valence-electron chi connectivity index (χ3n) is 3.63. The Hall–Kier alpha value is -1.46. The average Bonchev–Trinajstić information content (AvgIpc) is 2.94. The molecule has 1 amide bonds. The Balaban J connectivity index is 2.03. The maximum Gasteiger partial charge on any atom is 0.252 e. The number of carbonyl (C=O) groups excluding carboxylic acids is 1. The van der Waals surface area contributed by atoms with Crippen LogP contribution in [0.1, 0.15) is 32.3 Å². The van der Waals surface area contributed by atoms with Crippen molar-refractivity contribution in [1.29, 1.82) is 0 Å². The third kappa shape index (κ3) is 3.55. The van der Waals surface area contributed by atoms with E-state index in [1.54, 1.807) is 12.4 Å².